The van der Waals surface area contributed by atoms with Crippen LogP contribution in [-0.4, -0.2) is 46.7 Å². The van der Waals surface area contributed by atoms with E-state index in [2.05, 4.69) is 15.2 Å². The van der Waals surface area contributed by atoms with Gasteiger partial charge in [0.2, 0.25) is 0 Å². The van der Waals surface area contributed by atoms with E-state index in [1.165, 1.54) is 58.3 Å². The molecule has 1 saturated carbocycles. The van der Waals surface area contributed by atoms with E-state index in [-0.39, 0.29) is 17.2 Å². The fraction of sp³-hybridized carbons (Fsp3) is 0.684. The first kappa shape index (κ1) is 17.2. The van der Waals surface area contributed by atoms with Gasteiger partial charge in [-0.05, 0) is 51.8 Å². The number of rotatable bonds is 5. The zero-order valence-corrected chi connectivity index (χ0v) is 14.7. The van der Waals surface area contributed by atoms with Crippen LogP contribution >= 0.6 is 0 Å². The molecule has 0 unspecified atom stereocenters. The van der Waals surface area contributed by atoms with Crippen molar-refractivity contribution in [1.29, 1.82) is 0 Å². The number of hydrogen-bond acceptors (Lipinski definition) is 3. The quantitative estimate of drug-likeness (QED) is 0.815. The molecule has 0 atom stereocenters. The fourth-order valence-electron chi connectivity index (χ4n) is 4.25. The van der Waals surface area contributed by atoms with Crippen molar-refractivity contribution < 1.29 is 9.59 Å². The number of hydrogen-bond donors (Lipinski definition) is 2. The van der Waals surface area contributed by atoms with E-state index >= 15 is 0 Å². The molecule has 5 nitrogen and oxygen atoms in total. The summed E-state index contributed by atoms with van der Waals surface area (Å²) in [7, 11) is 0. The predicted octanol–water partition coefficient (Wildman–Crippen LogP) is 3.14. The molecule has 0 aromatic carbocycles. The third-order valence-corrected chi connectivity index (χ3v) is 5.72. The van der Waals surface area contributed by atoms with Crippen molar-refractivity contribution >= 4 is 11.7 Å². The molecule has 24 heavy (non-hydrogen) atoms. The van der Waals surface area contributed by atoms with Gasteiger partial charge in [0.1, 0.15) is 5.69 Å². The summed E-state index contributed by atoms with van der Waals surface area (Å²) in [6.07, 6.45) is 11.7. The van der Waals surface area contributed by atoms with Gasteiger partial charge in [-0.25, -0.2) is 0 Å². The number of ketones is 1. The number of aromatic amines is 1. The van der Waals surface area contributed by atoms with Gasteiger partial charge in [0.15, 0.2) is 5.78 Å². The van der Waals surface area contributed by atoms with E-state index < -0.39 is 0 Å². The third-order valence-electron chi connectivity index (χ3n) is 5.72. The van der Waals surface area contributed by atoms with E-state index in [4.69, 9.17) is 0 Å². The van der Waals surface area contributed by atoms with Crippen LogP contribution in [0.25, 0.3) is 0 Å². The summed E-state index contributed by atoms with van der Waals surface area (Å²) in [6, 6.07) is 1.64. The number of piperidine rings is 1. The Kier molecular flexibility index (Phi) is 5.39. The summed E-state index contributed by atoms with van der Waals surface area (Å²) in [5.41, 5.74) is 1.16. The molecule has 3 rings (SSSR count). The number of nitrogens with zero attached hydrogens (tertiary/aromatic N) is 1. The minimum Gasteiger partial charge on any atom is -0.356 e. The van der Waals surface area contributed by atoms with E-state index in [0.717, 1.165) is 13.1 Å². The number of H-pyrrole nitrogens is 1. The van der Waals surface area contributed by atoms with Crippen molar-refractivity contribution in [3.05, 3.63) is 23.5 Å². The highest BCUT2D eigenvalue weighted by Gasteiger charge is 2.38. The molecule has 5 heteroatoms. The van der Waals surface area contributed by atoms with Gasteiger partial charge in [0.05, 0.1) is 0 Å². The van der Waals surface area contributed by atoms with Crippen molar-refractivity contribution in [2.24, 2.45) is 0 Å². The number of amides is 1. The van der Waals surface area contributed by atoms with Gasteiger partial charge in [-0.15, -0.1) is 0 Å². The molecule has 1 amide bonds. The first-order valence-electron chi connectivity index (χ1n) is 9.33. The van der Waals surface area contributed by atoms with Crippen LogP contribution in [0.4, 0.5) is 0 Å². The first-order valence-corrected chi connectivity index (χ1v) is 9.33. The van der Waals surface area contributed by atoms with Gasteiger partial charge < -0.3 is 10.3 Å². The fourth-order valence-corrected chi connectivity index (χ4v) is 4.25. The highest BCUT2D eigenvalue weighted by molar-refractivity contribution is 5.99. The van der Waals surface area contributed by atoms with Crippen LogP contribution in [0, 0.1) is 0 Å². The number of aromatic nitrogens is 1. The zero-order chi connectivity index (χ0) is 17.0. The lowest BCUT2D eigenvalue weighted by atomic mass is 9.79. The summed E-state index contributed by atoms with van der Waals surface area (Å²) in [5, 5.41) is 3.14. The number of carbonyl (C=O) groups excluding carboxylic acids is 2. The van der Waals surface area contributed by atoms with Crippen molar-refractivity contribution in [1.82, 2.24) is 15.2 Å². The summed E-state index contributed by atoms with van der Waals surface area (Å²) < 4.78 is 0. The minimum atomic E-state index is -0.107. The summed E-state index contributed by atoms with van der Waals surface area (Å²) in [5.74, 6) is -0.133. The second-order valence-corrected chi connectivity index (χ2v) is 7.37. The molecular formula is C19H29N3O2. The summed E-state index contributed by atoms with van der Waals surface area (Å²) in [6.45, 7) is 4.54. The van der Waals surface area contributed by atoms with Gasteiger partial charge in [0.25, 0.3) is 5.91 Å². The predicted molar refractivity (Wildman–Crippen MR) is 94.4 cm³/mol. The van der Waals surface area contributed by atoms with Crippen molar-refractivity contribution in [2.45, 2.75) is 63.8 Å². The van der Waals surface area contributed by atoms with Gasteiger partial charge in [0, 0.05) is 23.8 Å². The lowest BCUT2D eigenvalue weighted by molar-refractivity contribution is 0.0326. The SMILES string of the molecule is CC(=O)c1c[nH]c(C(=O)NCC2(N3CCCCC3)CCCCC2)c1. The maximum atomic E-state index is 12.5. The maximum absolute atomic E-state index is 12.5. The molecule has 1 aliphatic heterocycles. The Morgan fingerprint density at radius 2 is 1.79 bits per heavy atom. The number of nitrogens with one attached hydrogen (secondary N) is 2. The van der Waals surface area contributed by atoms with Gasteiger partial charge >= 0.3 is 0 Å². The first-order chi connectivity index (χ1) is 11.6. The standard InChI is InChI=1S/C19H29N3O2/c1-15(23)16-12-17(20-13-16)18(24)21-14-19(8-4-2-5-9-19)22-10-6-3-7-11-22/h12-13,20H,2-11,14H2,1H3,(H,21,24). The van der Waals surface area contributed by atoms with Crippen LogP contribution in [0.15, 0.2) is 12.3 Å². The second-order valence-electron chi connectivity index (χ2n) is 7.37. The van der Waals surface area contributed by atoms with Crippen molar-refractivity contribution in [2.75, 3.05) is 19.6 Å². The average molecular weight is 331 g/mol. The largest absolute Gasteiger partial charge is 0.356 e. The molecule has 0 radical (unpaired) electrons. The van der Waals surface area contributed by atoms with Crippen LogP contribution in [0.3, 0.4) is 0 Å². The highest BCUT2D eigenvalue weighted by atomic mass is 16.2. The van der Waals surface area contributed by atoms with Crippen molar-refractivity contribution in [3.8, 4) is 0 Å². The van der Waals surface area contributed by atoms with Gasteiger partial charge in [-0.3, -0.25) is 14.5 Å². The maximum Gasteiger partial charge on any atom is 0.267 e. The Balaban J connectivity index is 1.66. The number of carbonyl (C=O) groups is 2. The Bertz CT molecular complexity index is 581. The molecule has 2 heterocycles. The third kappa shape index (κ3) is 3.72. The molecule has 2 aliphatic rings. The van der Waals surface area contributed by atoms with Crippen LogP contribution < -0.4 is 5.32 Å². The minimum absolute atomic E-state index is 0.0256. The van der Waals surface area contributed by atoms with Gasteiger partial charge in [-0.1, -0.05) is 25.7 Å². The molecule has 1 aromatic rings. The van der Waals surface area contributed by atoms with Crippen LogP contribution in [0.5, 0.6) is 0 Å². The van der Waals surface area contributed by atoms with Gasteiger partial charge in [-0.2, -0.15) is 0 Å². The molecule has 0 bridgehead atoms. The zero-order valence-electron chi connectivity index (χ0n) is 14.7. The normalized spacial score (nSPS) is 21.4. The lowest BCUT2D eigenvalue weighted by Gasteiger charge is -2.48. The Morgan fingerprint density at radius 3 is 2.42 bits per heavy atom. The molecule has 132 valence electrons. The lowest BCUT2D eigenvalue weighted by Crippen LogP contribution is -2.58. The average Bonchev–Trinajstić information content (AvgIpc) is 3.12. The topological polar surface area (TPSA) is 65.2 Å². The Labute approximate surface area is 144 Å². The smallest absolute Gasteiger partial charge is 0.267 e. The molecule has 2 fully saturated rings. The molecular weight excluding hydrogens is 302 g/mol. The van der Waals surface area contributed by atoms with Crippen LogP contribution in [-0.2, 0) is 0 Å². The molecule has 2 N–H and O–H groups in total. The molecule has 1 aromatic heterocycles. The monoisotopic (exact) mass is 331 g/mol. The van der Waals surface area contributed by atoms with E-state index in [0.29, 0.717) is 17.8 Å². The molecule has 1 aliphatic carbocycles. The second kappa shape index (κ2) is 7.51. The number of Topliss-reactive ketones (excluding diaryl/α,β-unsaturated/α-hetero) is 1. The van der Waals surface area contributed by atoms with E-state index in [9.17, 15) is 9.59 Å². The van der Waals surface area contributed by atoms with E-state index in [1.54, 1.807) is 12.3 Å². The van der Waals surface area contributed by atoms with Crippen LogP contribution in [0.2, 0.25) is 0 Å². The Hall–Kier alpha value is -1.62. The highest BCUT2D eigenvalue weighted by Crippen LogP contribution is 2.35. The van der Waals surface area contributed by atoms with Crippen molar-refractivity contribution in [3.63, 3.8) is 0 Å². The Morgan fingerprint density at radius 1 is 1.12 bits per heavy atom. The van der Waals surface area contributed by atoms with Crippen LogP contribution in [0.1, 0.15) is 79.1 Å². The number of likely N-dealkylation sites (tertiary alicyclic amines) is 1. The summed E-state index contributed by atoms with van der Waals surface area (Å²) in [4.78, 5) is 29.4. The van der Waals surface area contributed by atoms with E-state index in [1.807, 2.05) is 0 Å². The molecule has 1 saturated heterocycles. The molecule has 0 spiro atoms. The summed E-state index contributed by atoms with van der Waals surface area (Å²) >= 11 is 0.